The molecule has 4 nitrogen and oxygen atoms in total. The molecule has 1 rings (SSSR count). The first-order valence-electron chi connectivity index (χ1n) is 7.44. The average molecular weight is 266 g/mol. The molecular weight excluding hydrogens is 236 g/mol. The van der Waals surface area contributed by atoms with E-state index in [9.17, 15) is 5.26 Å². The molecule has 19 heavy (non-hydrogen) atoms. The lowest BCUT2D eigenvalue weighted by Crippen LogP contribution is -2.47. The van der Waals surface area contributed by atoms with Gasteiger partial charge in [-0.1, -0.05) is 0 Å². The predicted octanol–water partition coefficient (Wildman–Crippen LogP) is 1.68. The second kappa shape index (κ2) is 7.23. The maximum atomic E-state index is 9.33. The van der Waals surface area contributed by atoms with Crippen LogP contribution in [0, 0.1) is 11.3 Å². The van der Waals surface area contributed by atoms with E-state index in [1.807, 2.05) is 6.92 Å². The summed E-state index contributed by atoms with van der Waals surface area (Å²) in [6.45, 7) is 9.49. The number of rotatable bonds is 7. The molecule has 1 heterocycles. The van der Waals surface area contributed by atoms with Gasteiger partial charge in [0.15, 0.2) is 0 Å². The minimum atomic E-state index is -0.413. The second-order valence-corrected chi connectivity index (χ2v) is 6.53. The molecule has 1 aliphatic rings. The number of nitrogens with zero attached hydrogens (tertiary/aromatic N) is 3. The van der Waals surface area contributed by atoms with Crippen molar-refractivity contribution < 1.29 is 0 Å². The van der Waals surface area contributed by atoms with Crippen molar-refractivity contribution in [1.29, 1.82) is 5.26 Å². The topological polar surface area (TPSA) is 42.3 Å². The molecule has 0 bridgehead atoms. The van der Waals surface area contributed by atoms with Crippen molar-refractivity contribution in [3.8, 4) is 6.07 Å². The lowest BCUT2D eigenvalue weighted by molar-refractivity contribution is 0.207. The lowest BCUT2D eigenvalue weighted by Gasteiger charge is -2.30. The van der Waals surface area contributed by atoms with Crippen molar-refractivity contribution in [1.82, 2.24) is 15.1 Å². The summed E-state index contributed by atoms with van der Waals surface area (Å²) in [5, 5.41) is 12.7. The van der Waals surface area contributed by atoms with Crippen LogP contribution in [0.5, 0.6) is 0 Å². The van der Waals surface area contributed by atoms with Gasteiger partial charge >= 0.3 is 0 Å². The van der Waals surface area contributed by atoms with E-state index in [0.29, 0.717) is 12.1 Å². The summed E-state index contributed by atoms with van der Waals surface area (Å²) in [7, 11) is 4.38. The van der Waals surface area contributed by atoms with E-state index < -0.39 is 5.54 Å². The van der Waals surface area contributed by atoms with Gasteiger partial charge in [-0.3, -0.25) is 5.32 Å². The Balaban J connectivity index is 2.36. The number of likely N-dealkylation sites (N-methyl/N-ethyl adjacent to an activating group) is 2. The second-order valence-electron chi connectivity index (χ2n) is 6.53. The fourth-order valence-corrected chi connectivity index (χ4v) is 2.87. The Morgan fingerprint density at radius 1 is 1.53 bits per heavy atom. The standard InChI is InChI=1S/C15H30N4/c1-13(2)17-15(3,12-16)8-10-18(4)11-14-7-6-9-19(14)5/h13-14,17H,6-11H2,1-5H3. The first-order valence-corrected chi connectivity index (χ1v) is 7.44. The van der Waals surface area contributed by atoms with Gasteiger partial charge in [-0.2, -0.15) is 5.26 Å². The SMILES string of the molecule is CC(C)NC(C)(C#N)CCN(C)CC1CCCN1C. The quantitative estimate of drug-likeness (QED) is 0.761. The van der Waals surface area contributed by atoms with Crippen LogP contribution in [-0.4, -0.2) is 61.2 Å². The summed E-state index contributed by atoms with van der Waals surface area (Å²) in [6.07, 6.45) is 3.50. The highest BCUT2D eigenvalue weighted by molar-refractivity contribution is 5.04. The normalized spacial score (nSPS) is 23.8. The van der Waals surface area contributed by atoms with Crippen molar-refractivity contribution in [3.05, 3.63) is 0 Å². The summed E-state index contributed by atoms with van der Waals surface area (Å²) in [6, 6.07) is 3.45. The molecule has 1 fully saturated rings. The zero-order chi connectivity index (χ0) is 14.5. The van der Waals surface area contributed by atoms with Crippen molar-refractivity contribution in [2.45, 2.75) is 57.7 Å². The molecule has 1 N–H and O–H groups in total. The van der Waals surface area contributed by atoms with Gasteiger partial charge in [-0.15, -0.1) is 0 Å². The van der Waals surface area contributed by atoms with E-state index in [1.165, 1.54) is 19.4 Å². The van der Waals surface area contributed by atoms with E-state index in [1.54, 1.807) is 0 Å². The van der Waals surface area contributed by atoms with Gasteiger partial charge in [0.1, 0.15) is 5.54 Å². The van der Waals surface area contributed by atoms with Crippen LogP contribution < -0.4 is 5.32 Å². The maximum absolute atomic E-state index is 9.33. The van der Waals surface area contributed by atoms with Crippen LogP contribution in [-0.2, 0) is 0 Å². The summed E-state index contributed by atoms with van der Waals surface area (Å²) in [5.41, 5.74) is -0.413. The fourth-order valence-electron chi connectivity index (χ4n) is 2.87. The minimum absolute atomic E-state index is 0.343. The molecule has 0 aliphatic carbocycles. The van der Waals surface area contributed by atoms with Gasteiger partial charge in [-0.25, -0.2) is 0 Å². The Kier molecular flexibility index (Phi) is 6.25. The van der Waals surface area contributed by atoms with E-state index in [4.69, 9.17) is 0 Å². The van der Waals surface area contributed by atoms with E-state index in [0.717, 1.165) is 19.5 Å². The minimum Gasteiger partial charge on any atom is -0.305 e. The van der Waals surface area contributed by atoms with Crippen LogP contribution in [0.4, 0.5) is 0 Å². The van der Waals surface area contributed by atoms with Gasteiger partial charge in [0.2, 0.25) is 0 Å². The molecule has 0 aromatic carbocycles. The molecule has 0 radical (unpaired) electrons. The zero-order valence-corrected chi connectivity index (χ0v) is 13.2. The van der Waals surface area contributed by atoms with E-state index in [-0.39, 0.29) is 0 Å². The van der Waals surface area contributed by atoms with Crippen molar-refractivity contribution in [2.24, 2.45) is 0 Å². The number of hydrogen-bond donors (Lipinski definition) is 1. The molecular formula is C15H30N4. The Morgan fingerprint density at radius 2 is 2.21 bits per heavy atom. The molecule has 1 aliphatic heterocycles. The monoisotopic (exact) mass is 266 g/mol. The molecule has 0 spiro atoms. The highest BCUT2D eigenvalue weighted by Crippen LogP contribution is 2.16. The molecule has 0 aromatic rings. The number of likely N-dealkylation sites (tertiary alicyclic amines) is 1. The number of hydrogen-bond acceptors (Lipinski definition) is 4. The van der Waals surface area contributed by atoms with Crippen LogP contribution in [0.15, 0.2) is 0 Å². The highest BCUT2D eigenvalue weighted by Gasteiger charge is 2.26. The lowest BCUT2D eigenvalue weighted by atomic mass is 9.98. The first kappa shape index (κ1) is 16.4. The molecule has 0 aromatic heterocycles. The molecule has 4 heteroatoms. The van der Waals surface area contributed by atoms with Crippen molar-refractivity contribution in [2.75, 3.05) is 33.7 Å². The average Bonchev–Trinajstić information content (AvgIpc) is 2.72. The Morgan fingerprint density at radius 3 is 2.68 bits per heavy atom. The maximum Gasteiger partial charge on any atom is 0.105 e. The highest BCUT2D eigenvalue weighted by atomic mass is 15.2. The largest absolute Gasteiger partial charge is 0.305 e. The third-order valence-electron chi connectivity index (χ3n) is 4.04. The van der Waals surface area contributed by atoms with E-state index >= 15 is 0 Å². The van der Waals surface area contributed by atoms with Gasteiger partial charge in [0.05, 0.1) is 6.07 Å². The van der Waals surface area contributed by atoms with Crippen LogP contribution in [0.25, 0.3) is 0 Å². The fraction of sp³-hybridized carbons (Fsp3) is 0.933. The third-order valence-corrected chi connectivity index (χ3v) is 4.04. The van der Waals surface area contributed by atoms with Gasteiger partial charge in [0, 0.05) is 25.2 Å². The first-order chi connectivity index (χ1) is 8.86. The van der Waals surface area contributed by atoms with Crippen LogP contribution in [0.3, 0.4) is 0 Å². The molecule has 110 valence electrons. The van der Waals surface area contributed by atoms with Crippen LogP contribution in [0.1, 0.15) is 40.0 Å². The van der Waals surface area contributed by atoms with Crippen molar-refractivity contribution >= 4 is 0 Å². The van der Waals surface area contributed by atoms with E-state index in [2.05, 4.69) is 49.1 Å². The molecule has 1 saturated heterocycles. The Bertz CT molecular complexity index is 310. The Hall–Kier alpha value is -0.630. The Labute approximate surface area is 118 Å². The van der Waals surface area contributed by atoms with Gasteiger partial charge in [0.25, 0.3) is 0 Å². The van der Waals surface area contributed by atoms with Crippen LogP contribution >= 0.6 is 0 Å². The molecule has 2 atom stereocenters. The smallest absolute Gasteiger partial charge is 0.105 e. The molecule has 0 amide bonds. The summed E-state index contributed by atoms with van der Waals surface area (Å²) >= 11 is 0. The molecule has 2 unspecified atom stereocenters. The van der Waals surface area contributed by atoms with Gasteiger partial charge in [-0.05, 0) is 60.7 Å². The predicted molar refractivity (Wildman–Crippen MR) is 80.1 cm³/mol. The molecule has 0 saturated carbocycles. The third kappa shape index (κ3) is 5.48. The zero-order valence-electron chi connectivity index (χ0n) is 13.2. The van der Waals surface area contributed by atoms with Crippen molar-refractivity contribution in [3.63, 3.8) is 0 Å². The van der Waals surface area contributed by atoms with Crippen LogP contribution in [0.2, 0.25) is 0 Å². The number of nitrogens with one attached hydrogen (secondary N) is 1. The summed E-state index contributed by atoms with van der Waals surface area (Å²) < 4.78 is 0. The summed E-state index contributed by atoms with van der Waals surface area (Å²) in [4.78, 5) is 4.82. The van der Waals surface area contributed by atoms with Gasteiger partial charge < -0.3 is 9.80 Å². The summed E-state index contributed by atoms with van der Waals surface area (Å²) in [5.74, 6) is 0. The number of nitriles is 1.